The van der Waals surface area contributed by atoms with Crippen molar-refractivity contribution in [2.24, 2.45) is 10.7 Å². The van der Waals surface area contributed by atoms with Crippen LogP contribution in [-0.4, -0.2) is 55.5 Å². The number of guanidine groups is 1. The van der Waals surface area contributed by atoms with Gasteiger partial charge in [0.05, 0.1) is 0 Å². The number of rotatable bonds is 8. The van der Waals surface area contributed by atoms with Gasteiger partial charge in [0, 0.05) is 45.7 Å². The fourth-order valence-electron chi connectivity index (χ4n) is 1.91. The van der Waals surface area contributed by atoms with E-state index in [4.69, 9.17) is 10.5 Å². The predicted molar refractivity (Wildman–Crippen MR) is 91.6 cm³/mol. The third kappa shape index (κ3) is 8.20. The van der Waals surface area contributed by atoms with Gasteiger partial charge in [-0.1, -0.05) is 0 Å². The van der Waals surface area contributed by atoms with Crippen LogP contribution in [0.15, 0.2) is 4.99 Å². The zero-order chi connectivity index (χ0) is 14.8. The number of nitrogens with zero attached hydrogens (tertiary/aromatic N) is 2. The van der Waals surface area contributed by atoms with Crippen molar-refractivity contribution in [3.63, 3.8) is 0 Å². The zero-order valence-electron chi connectivity index (χ0n) is 12.5. The van der Waals surface area contributed by atoms with E-state index in [0.717, 1.165) is 6.42 Å². The minimum absolute atomic E-state index is 0. The van der Waals surface area contributed by atoms with Gasteiger partial charge in [-0.15, -0.1) is 24.0 Å². The van der Waals surface area contributed by atoms with Crippen LogP contribution in [0.4, 0.5) is 0 Å². The van der Waals surface area contributed by atoms with Crippen LogP contribution in [0.1, 0.15) is 32.6 Å². The van der Waals surface area contributed by atoms with Crippen LogP contribution in [0, 0.1) is 0 Å². The molecule has 1 fully saturated rings. The summed E-state index contributed by atoms with van der Waals surface area (Å²) in [6, 6.07) is 0. The van der Waals surface area contributed by atoms with Crippen LogP contribution in [0.2, 0.25) is 0 Å². The lowest BCUT2D eigenvalue weighted by molar-refractivity contribution is -0.147. The first-order chi connectivity index (χ1) is 9.65. The molecule has 122 valence electrons. The minimum Gasteiger partial charge on any atom is -0.382 e. The standard InChI is InChI=1S/C13H24N4O3.HI/c1-2-20-10-4-7-15-13(14)16-8-9-17-11(18)5-3-6-12(17)19;/h2-10H2,1H3,(H3,14,15,16);1H. The van der Waals surface area contributed by atoms with Crippen molar-refractivity contribution >= 4 is 41.8 Å². The second-order valence-corrected chi connectivity index (χ2v) is 4.54. The van der Waals surface area contributed by atoms with Crippen LogP contribution in [0.25, 0.3) is 0 Å². The van der Waals surface area contributed by atoms with Gasteiger partial charge in [-0.3, -0.25) is 19.5 Å². The number of carbonyl (C=O) groups is 2. The van der Waals surface area contributed by atoms with Gasteiger partial charge in [0.2, 0.25) is 11.8 Å². The number of hydrogen-bond donors (Lipinski definition) is 2. The molecule has 0 spiro atoms. The summed E-state index contributed by atoms with van der Waals surface area (Å²) < 4.78 is 5.19. The van der Waals surface area contributed by atoms with E-state index in [0.29, 0.717) is 58.1 Å². The van der Waals surface area contributed by atoms with Gasteiger partial charge in [-0.2, -0.15) is 0 Å². The van der Waals surface area contributed by atoms with E-state index < -0.39 is 0 Å². The molecule has 2 amide bonds. The number of nitrogens with one attached hydrogen (secondary N) is 1. The summed E-state index contributed by atoms with van der Waals surface area (Å²) in [6.45, 7) is 4.69. The van der Waals surface area contributed by atoms with Crippen molar-refractivity contribution in [3.8, 4) is 0 Å². The van der Waals surface area contributed by atoms with E-state index >= 15 is 0 Å². The largest absolute Gasteiger partial charge is 0.382 e. The van der Waals surface area contributed by atoms with Crippen LogP contribution < -0.4 is 11.1 Å². The summed E-state index contributed by atoms with van der Waals surface area (Å²) >= 11 is 0. The third-order valence-electron chi connectivity index (χ3n) is 2.96. The van der Waals surface area contributed by atoms with Crippen LogP contribution >= 0.6 is 24.0 Å². The van der Waals surface area contributed by atoms with Crippen LogP contribution in [0.3, 0.4) is 0 Å². The number of hydrogen-bond acceptors (Lipinski definition) is 4. The Kier molecular flexibility index (Phi) is 11.2. The fraction of sp³-hybridized carbons (Fsp3) is 0.769. The van der Waals surface area contributed by atoms with Gasteiger partial charge in [-0.25, -0.2) is 0 Å². The molecule has 8 heteroatoms. The summed E-state index contributed by atoms with van der Waals surface area (Å²) in [5, 5.41) is 2.90. The highest BCUT2D eigenvalue weighted by molar-refractivity contribution is 14.0. The molecule has 7 nitrogen and oxygen atoms in total. The van der Waals surface area contributed by atoms with Gasteiger partial charge in [0.1, 0.15) is 0 Å². The lowest BCUT2D eigenvalue weighted by Crippen LogP contribution is -2.45. The number of imide groups is 1. The molecule has 1 aliphatic heterocycles. The van der Waals surface area contributed by atoms with Gasteiger partial charge >= 0.3 is 0 Å². The van der Waals surface area contributed by atoms with Crippen molar-refractivity contribution in [1.82, 2.24) is 10.2 Å². The number of amides is 2. The number of ether oxygens (including phenoxy) is 1. The molecule has 0 radical (unpaired) electrons. The van der Waals surface area contributed by atoms with E-state index in [9.17, 15) is 9.59 Å². The first-order valence-corrected chi connectivity index (χ1v) is 7.10. The molecule has 0 aliphatic carbocycles. The average Bonchev–Trinajstić information content (AvgIpc) is 2.42. The molecule has 0 unspecified atom stereocenters. The Morgan fingerprint density at radius 3 is 2.67 bits per heavy atom. The van der Waals surface area contributed by atoms with E-state index in [1.807, 2.05) is 6.92 Å². The number of nitrogens with two attached hydrogens (primary N) is 1. The lowest BCUT2D eigenvalue weighted by atomic mass is 10.1. The number of likely N-dealkylation sites (tertiary alicyclic amines) is 1. The number of halogens is 1. The molecule has 0 aromatic rings. The fourth-order valence-corrected chi connectivity index (χ4v) is 1.91. The van der Waals surface area contributed by atoms with Gasteiger partial charge < -0.3 is 15.8 Å². The molecule has 0 aromatic carbocycles. The summed E-state index contributed by atoms with van der Waals surface area (Å²) in [5.41, 5.74) is 5.68. The molecule has 0 atom stereocenters. The highest BCUT2D eigenvalue weighted by atomic mass is 127. The number of carbonyl (C=O) groups excluding carboxylic acids is 2. The summed E-state index contributed by atoms with van der Waals surface area (Å²) in [7, 11) is 0. The second kappa shape index (κ2) is 11.7. The highest BCUT2D eigenvalue weighted by Gasteiger charge is 2.24. The van der Waals surface area contributed by atoms with Crippen LogP contribution in [0.5, 0.6) is 0 Å². The average molecular weight is 412 g/mol. The molecule has 1 aliphatic rings. The molecule has 0 saturated carbocycles. The maximum absolute atomic E-state index is 11.6. The third-order valence-corrected chi connectivity index (χ3v) is 2.96. The minimum atomic E-state index is -0.102. The second-order valence-electron chi connectivity index (χ2n) is 4.54. The Bertz CT molecular complexity index is 347. The maximum Gasteiger partial charge on any atom is 0.229 e. The summed E-state index contributed by atoms with van der Waals surface area (Å²) in [5.74, 6) is 0.129. The molecule has 1 rings (SSSR count). The molecule has 1 saturated heterocycles. The molecule has 0 aromatic heterocycles. The molecular formula is C13H25IN4O3. The number of piperidine rings is 1. The predicted octanol–water partition coefficient (Wildman–Crippen LogP) is 0.474. The first kappa shape index (κ1) is 20.1. The summed E-state index contributed by atoms with van der Waals surface area (Å²) in [6.07, 6.45) is 2.38. The molecule has 3 N–H and O–H groups in total. The van der Waals surface area contributed by atoms with Gasteiger partial charge in [0.15, 0.2) is 5.96 Å². The van der Waals surface area contributed by atoms with Gasteiger partial charge in [0.25, 0.3) is 0 Å². The van der Waals surface area contributed by atoms with E-state index in [1.54, 1.807) is 0 Å². The van der Waals surface area contributed by atoms with Crippen molar-refractivity contribution in [2.75, 3.05) is 32.8 Å². The smallest absolute Gasteiger partial charge is 0.229 e. The molecule has 21 heavy (non-hydrogen) atoms. The van der Waals surface area contributed by atoms with E-state index in [2.05, 4.69) is 10.3 Å². The highest BCUT2D eigenvalue weighted by Crippen LogP contribution is 2.11. The van der Waals surface area contributed by atoms with Crippen LogP contribution in [-0.2, 0) is 14.3 Å². The van der Waals surface area contributed by atoms with Gasteiger partial charge in [-0.05, 0) is 19.8 Å². The quantitative estimate of drug-likeness (QED) is 0.199. The van der Waals surface area contributed by atoms with Crippen molar-refractivity contribution in [2.45, 2.75) is 32.6 Å². The topological polar surface area (TPSA) is 97.0 Å². The van der Waals surface area contributed by atoms with Crippen molar-refractivity contribution in [1.29, 1.82) is 0 Å². The molecule has 0 bridgehead atoms. The SMILES string of the molecule is CCOCCCN=C(N)NCCN1C(=O)CCCC1=O.I. The first-order valence-electron chi connectivity index (χ1n) is 7.10. The molecule has 1 heterocycles. The Labute approximate surface area is 142 Å². The maximum atomic E-state index is 11.6. The Morgan fingerprint density at radius 2 is 2.05 bits per heavy atom. The summed E-state index contributed by atoms with van der Waals surface area (Å²) in [4.78, 5) is 28.5. The Morgan fingerprint density at radius 1 is 1.38 bits per heavy atom. The number of aliphatic imine (C=N–C) groups is 1. The van der Waals surface area contributed by atoms with Crippen molar-refractivity contribution in [3.05, 3.63) is 0 Å². The monoisotopic (exact) mass is 412 g/mol. The van der Waals surface area contributed by atoms with E-state index in [1.165, 1.54) is 4.90 Å². The Balaban J connectivity index is 0.00000400. The zero-order valence-corrected chi connectivity index (χ0v) is 14.8. The van der Waals surface area contributed by atoms with E-state index in [-0.39, 0.29) is 35.8 Å². The lowest BCUT2D eigenvalue weighted by Gasteiger charge is -2.24. The normalized spacial score (nSPS) is 15.9. The Hall–Kier alpha value is -0.900. The molecular weight excluding hydrogens is 387 g/mol. The van der Waals surface area contributed by atoms with Crippen molar-refractivity contribution < 1.29 is 14.3 Å².